The molecule has 1 saturated heterocycles. The molecule has 0 unspecified atom stereocenters. The first-order valence-corrected chi connectivity index (χ1v) is 7.18. The molecular weight excluding hydrogens is 268 g/mol. The van der Waals surface area contributed by atoms with E-state index in [1.807, 2.05) is 18.2 Å². The number of aromatic nitrogens is 1. The van der Waals surface area contributed by atoms with Crippen molar-refractivity contribution < 1.29 is 14.6 Å². The second kappa shape index (κ2) is 6.10. The summed E-state index contributed by atoms with van der Waals surface area (Å²) >= 11 is 0. The molecule has 0 spiro atoms. The Bertz CT molecular complexity index is 651. The fourth-order valence-corrected chi connectivity index (χ4v) is 2.60. The second-order valence-electron chi connectivity index (χ2n) is 5.34. The number of ether oxygens (including phenoxy) is 1. The van der Waals surface area contributed by atoms with E-state index >= 15 is 0 Å². The molecule has 0 saturated carbocycles. The highest BCUT2D eigenvalue weighted by atomic mass is 16.5. The monoisotopic (exact) mass is 286 g/mol. The smallest absolute Gasteiger partial charge is 0.273 e. The topological polar surface area (TPSA) is 71.5 Å². The molecule has 1 atom stereocenters. The van der Waals surface area contributed by atoms with Gasteiger partial charge >= 0.3 is 0 Å². The minimum Gasteiger partial charge on any atom is -0.505 e. The van der Waals surface area contributed by atoms with Gasteiger partial charge in [-0.25, -0.2) is 4.98 Å². The van der Waals surface area contributed by atoms with Gasteiger partial charge in [-0.3, -0.25) is 4.79 Å². The third kappa shape index (κ3) is 2.97. The third-order valence-corrected chi connectivity index (χ3v) is 3.79. The number of pyridine rings is 1. The van der Waals surface area contributed by atoms with Crippen molar-refractivity contribution in [3.8, 4) is 5.75 Å². The third-order valence-electron chi connectivity index (χ3n) is 3.79. The van der Waals surface area contributed by atoms with Crippen molar-refractivity contribution in [1.29, 1.82) is 0 Å². The van der Waals surface area contributed by atoms with Gasteiger partial charge in [0.15, 0.2) is 11.4 Å². The van der Waals surface area contributed by atoms with Gasteiger partial charge < -0.3 is 15.2 Å². The molecule has 1 fully saturated rings. The van der Waals surface area contributed by atoms with E-state index in [1.54, 1.807) is 12.3 Å². The van der Waals surface area contributed by atoms with Crippen molar-refractivity contribution >= 4 is 16.7 Å². The molecule has 21 heavy (non-hydrogen) atoms. The minimum absolute atomic E-state index is 0.0644. The summed E-state index contributed by atoms with van der Waals surface area (Å²) in [6, 6.07) is 7.32. The van der Waals surface area contributed by atoms with E-state index in [-0.39, 0.29) is 17.4 Å². The molecule has 110 valence electrons. The lowest BCUT2D eigenvalue weighted by molar-refractivity contribution is 0.0535. The Morgan fingerprint density at radius 2 is 2.29 bits per heavy atom. The van der Waals surface area contributed by atoms with Gasteiger partial charge in [0, 0.05) is 30.1 Å². The van der Waals surface area contributed by atoms with Crippen LogP contribution in [0.1, 0.15) is 23.3 Å². The minimum atomic E-state index is -0.344. The van der Waals surface area contributed by atoms with E-state index in [9.17, 15) is 9.90 Å². The second-order valence-corrected chi connectivity index (χ2v) is 5.34. The van der Waals surface area contributed by atoms with E-state index in [2.05, 4.69) is 10.3 Å². The fraction of sp³-hybridized carbons (Fsp3) is 0.375. The van der Waals surface area contributed by atoms with Crippen LogP contribution in [-0.4, -0.2) is 35.8 Å². The van der Waals surface area contributed by atoms with Crippen LogP contribution in [0.5, 0.6) is 5.75 Å². The fourth-order valence-electron chi connectivity index (χ4n) is 2.60. The summed E-state index contributed by atoms with van der Waals surface area (Å²) in [5.74, 6) is -0.0698. The highest BCUT2D eigenvalue weighted by Crippen LogP contribution is 2.26. The number of rotatable bonds is 3. The Morgan fingerprint density at radius 1 is 1.43 bits per heavy atom. The maximum Gasteiger partial charge on any atom is 0.273 e. The van der Waals surface area contributed by atoms with Crippen LogP contribution in [0, 0.1) is 5.92 Å². The number of carbonyl (C=O) groups excluding carboxylic acids is 1. The van der Waals surface area contributed by atoms with Crippen LogP contribution in [0.2, 0.25) is 0 Å². The van der Waals surface area contributed by atoms with E-state index in [0.717, 1.165) is 24.8 Å². The van der Waals surface area contributed by atoms with Crippen LogP contribution in [0.25, 0.3) is 10.8 Å². The Balaban J connectivity index is 1.73. The van der Waals surface area contributed by atoms with Gasteiger partial charge in [-0.15, -0.1) is 0 Å². The summed E-state index contributed by atoms with van der Waals surface area (Å²) in [6.07, 6.45) is 3.69. The van der Waals surface area contributed by atoms with Gasteiger partial charge in [0.1, 0.15) is 0 Å². The Kier molecular flexibility index (Phi) is 4.01. The maximum absolute atomic E-state index is 12.2. The lowest BCUT2D eigenvalue weighted by Gasteiger charge is -2.22. The lowest BCUT2D eigenvalue weighted by atomic mass is 10.0. The zero-order valence-electron chi connectivity index (χ0n) is 11.7. The SMILES string of the molecule is O=C(NC[C@H]1CCCOC1)c1ncc2ccccc2c1O. The molecule has 0 bridgehead atoms. The number of hydrogen-bond donors (Lipinski definition) is 2. The van der Waals surface area contributed by atoms with Crippen LogP contribution < -0.4 is 5.32 Å². The standard InChI is InChI=1S/C16H18N2O3/c19-15-13-6-2-1-5-12(13)9-17-14(15)16(20)18-8-11-4-3-7-21-10-11/h1-2,5-6,9,11,19H,3-4,7-8,10H2,(H,18,20)/t11-/m1/s1. The van der Waals surface area contributed by atoms with Crippen LogP contribution >= 0.6 is 0 Å². The van der Waals surface area contributed by atoms with Gasteiger partial charge in [-0.1, -0.05) is 24.3 Å². The largest absolute Gasteiger partial charge is 0.505 e. The van der Waals surface area contributed by atoms with E-state index in [4.69, 9.17) is 4.74 Å². The predicted molar refractivity (Wildman–Crippen MR) is 79.3 cm³/mol. The summed E-state index contributed by atoms with van der Waals surface area (Å²) in [5, 5.41) is 14.5. The molecule has 5 nitrogen and oxygen atoms in total. The van der Waals surface area contributed by atoms with E-state index < -0.39 is 0 Å². The zero-order chi connectivity index (χ0) is 14.7. The average Bonchev–Trinajstić information content (AvgIpc) is 2.54. The van der Waals surface area contributed by atoms with Crippen molar-refractivity contribution in [2.75, 3.05) is 19.8 Å². The summed E-state index contributed by atoms with van der Waals surface area (Å²) in [5.41, 5.74) is 0.0745. The summed E-state index contributed by atoms with van der Waals surface area (Å²) < 4.78 is 5.39. The molecule has 5 heteroatoms. The molecule has 2 N–H and O–H groups in total. The van der Waals surface area contributed by atoms with Crippen molar-refractivity contribution in [3.05, 3.63) is 36.2 Å². The number of carbonyl (C=O) groups is 1. The molecule has 1 aliphatic rings. The highest BCUT2D eigenvalue weighted by Gasteiger charge is 2.18. The Morgan fingerprint density at radius 3 is 3.10 bits per heavy atom. The van der Waals surface area contributed by atoms with Crippen molar-refractivity contribution in [1.82, 2.24) is 10.3 Å². The number of fused-ring (bicyclic) bond motifs is 1. The molecule has 1 aliphatic heterocycles. The Hall–Kier alpha value is -2.14. The van der Waals surface area contributed by atoms with E-state index in [1.165, 1.54) is 0 Å². The summed E-state index contributed by atoms with van der Waals surface area (Å²) in [7, 11) is 0. The van der Waals surface area contributed by atoms with Crippen LogP contribution in [-0.2, 0) is 4.74 Å². The van der Waals surface area contributed by atoms with Crippen LogP contribution in [0.4, 0.5) is 0 Å². The molecule has 1 amide bonds. The number of benzene rings is 1. The predicted octanol–water partition coefficient (Wildman–Crippen LogP) is 2.10. The van der Waals surface area contributed by atoms with Crippen LogP contribution in [0.15, 0.2) is 30.5 Å². The zero-order valence-corrected chi connectivity index (χ0v) is 11.7. The van der Waals surface area contributed by atoms with Gasteiger partial charge in [0.2, 0.25) is 0 Å². The molecule has 2 heterocycles. The lowest BCUT2D eigenvalue weighted by Crippen LogP contribution is -2.33. The summed E-state index contributed by atoms with van der Waals surface area (Å²) in [4.78, 5) is 16.3. The molecule has 3 rings (SSSR count). The molecular formula is C16H18N2O3. The van der Waals surface area contributed by atoms with Gasteiger partial charge in [-0.05, 0) is 18.8 Å². The normalized spacial score (nSPS) is 18.6. The number of nitrogens with one attached hydrogen (secondary N) is 1. The average molecular weight is 286 g/mol. The first-order valence-electron chi connectivity index (χ1n) is 7.18. The van der Waals surface area contributed by atoms with Crippen LogP contribution in [0.3, 0.4) is 0 Å². The number of aromatic hydroxyl groups is 1. The highest BCUT2D eigenvalue weighted by molar-refractivity contribution is 6.01. The molecule has 2 aromatic rings. The first kappa shape index (κ1) is 13.8. The maximum atomic E-state index is 12.2. The molecule has 0 aliphatic carbocycles. The van der Waals surface area contributed by atoms with E-state index in [0.29, 0.717) is 24.5 Å². The number of hydrogen-bond acceptors (Lipinski definition) is 4. The first-order chi connectivity index (χ1) is 10.3. The number of nitrogens with zero attached hydrogens (tertiary/aromatic N) is 1. The Labute approximate surface area is 123 Å². The quantitative estimate of drug-likeness (QED) is 0.906. The summed E-state index contributed by atoms with van der Waals surface area (Å²) in [6.45, 7) is 2.03. The van der Waals surface area contributed by atoms with Gasteiger partial charge in [0.25, 0.3) is 5.91 Å². The molecule has 0 radical (unpaired) electrons. The van der Waals surface area contributed by atoms with Gasteiger partial charge in [0.05, 0.1) is 6.61 Å². The number of amides is 1. The van der Waals surface area contributed by atoms with Crippen molar-refractivity contribution in [2.24, 2.45) is 5.92 Å². The van der Waals surface area contributed by atoms with Gasteiger partial charge in [-0.2, -0.15) is 0 Å². The van der Waals surface area contributed by atoms with Crippen molar-refractivity contribution in [3.63, 3.8) is 0 Å². The molecule has 1 aromatic carbocycles. The van der Waals surface area contributed by atoms with Crippen molar-refractivity contribution in [2.45, 2.75) is 12.8 Å². The molecule has 1 aromatic heterocycles.